The smallest absolute Gasteiger partial charge is 0.241 e. The zero-order valence-electron chi connectivity index (χ0n) is 19.6. The molecule has 1 N–H and O–H groups in total. The number of methoxy groups -OCH3 is 1. The monoisotopic (exact) mass is 472 g/mol. The topological polar surface area (TPSA) is 98.3 Å². The lowest BCUT2D eigenvalue weighted by molar-refractivity contribution is -0.127. The summed E-state index contributed by atoms with van der Waals surface area (Å²) in [6.07, 6.45) is 7.25. The van der Waals surface area contributed by atoms with Gasteiger partial charge in [-0.2, -0.15) is 4.98 Å². The summed E-state index contributed by atoms with van der Waals surface area (Å²) < 4.78 is 12.6. The summed E-state index contributed by atoms with van der Waals surface area (Å²) in [5.74, 6) is 1.90. The van der Waals surface area contributed by atoms with Crippen molar-refractivity contribution in [2.45, 2.75) is 25.9 Å². The molecule has 0 bridgehead atoms. The molecule has 2 aromatic carbocycles. The van der Waals surface area contributed by atoms with Gasteiger partial charge in [-0.05, 0) is 61.3 Å². The number of rotatable bonds is 8. The average molecular weight is 473 g/mol. The van der Waals surface area contributed by atoms with Gasteiger partial charge in [0.05, 0.1) is 25.9 Å². The molecule has 180 valence electrons. The fourth-order valence-corrected chi connectivity index (χ4v) is 4.31. The summed E-state index contributed by atoms with van der Waals surface area (Å²) in [6.45, 7) is 2.61. The molecular weight excluding hydrogens is 444 g/mol. The summed E-state index contributed by atoms with van der Waals surface area (Å²) in [6, 6.07) is 15.6. The Hall–Kier alpha value is -3.98. The quantitative estimate of drug-likeness (QED) is 0.419. The SMILES string of the molecule is COc1ccc(-c2noc(CN3CCCC(C(=O)NCc4ccc(-n5ccnc5)cc4)C3)n2)cc1. The van der Waals surface area contributed by atoms with Crippen molar-refractivity contribution in [2.75, 3.05) is 20.2 Å². The molecule has 0 spiro atoms. The number of nitrogens with one attached hydrogen (secondary N) is 1. The molecule has 1 amide bonds. The number of carbonyl (C=O) groups is 1. The third-order valence-corrected chi connectivity index (χ3v) is 6.26. The molecule has 4 aromatic rings. The molecule has 9 heteroatoms. The summed E-state index contributed by atoms with van der Waals surface area (Å²) in [5, 5.41) is 7.20. The Kier molecular flexibility index (Phi) is 6.85. The largest absolute Gasteiger partial charge is 0.497 e. The van der Waals surface area contributed by atoms with Crippen molar-refractivity contribution in [3.05, 3.63) is 78.7 Å². The number of likely N-dealkylation sites (tertiary alicyclic amines) is 1. The van der Waals surface area contributed by atoms with Gasteiger partial charge in [-0.25, -0.2) is 4.98 Å². The molecular formula is C26H28N6O3. The number of aromatic nitrogens is 4. The van der Waals surface area contributed by atoms with Crippen LogP contribution in [-0.4, -0.2) is 50.7 Å². The van der Waals surface area contributed by atoms with Gasteiger partial charge in [-0.15, -0.1) is 0 Å². The lowest BCUT2D eigenvalue weighted by atomic mass is 9.97. The van der Waals surface area contributed by atoms with Crippen molar-refractivity contribution in [3.63, 3.8) is 0 Å². The third-order valence-electron chi connectivity index (χ3n) is 6.26. The van der Waals surface area contributed by atoms with Crippen molar-refractivity contribution < 1.29 is 14.1 Å². The Balaban J connectivity index is 1.13. The van der Waals surface area contributed by atoms with Crippen molar-refractivity contribution in [1.29, 1.82) is 0 Å². The number of hydrogen-bond donors (Lipinski definition) is 1. The molecule has 0 radical (unpaired) electrons. The van der Waals surface area contributed by atoms with Crippen LogP contribution >= 0.6 is 0 Å². The highest BCUT2D eigenvalue weighted by Gasteiger charge is 2.26. The average Bonchev–Trinajstić information content (AvgIpc) is 3.61. The molecule has 1 aliphatic heterocycles. The molecule has 35 heavy (non-hydrogen) atoms. The van der Waals surface area contributed by atoms with Crippen LogP contribution in [-0.2, 0) is 17.9 Å². The van der Waals surface area contributed by atoms with Crippen LogP contribution in [0.3, 0.4) is 0 Å². The molecule has 1 saturated heterocycles. The first-order valence-electron chi connectivity index (χ1n) is 11.7. The van der Waals surface area contributed by atoms with E-state index in [4.69, 9.17) is 9.26 Å². The Morgan fingerprint density at radius 3 is 2.74 bits per heavy atom. The number of piperidine rings is 1. The van der Waals surface area contributed by atoms with Gasteiger partial charge < -0.3 is 19.1 Å². The zero-order chi connectivity index (χ0) is 24.0. The maximum atomic E-state index is 12.9. The number of imidazole rings is 1. The van der Waals surface area contributed by atoms with Gasteiger partial charge in [0.25, 0.3) is 0 Å². The van der Waals surface area contributed by atoms with E-state index in [0.29, 0.717) is 31.3 Å². The van der Waals surface area contributed by atoms with E-state index in [9.17, 15) is 4.79 Å². The van der Waals surface area contributed by atoms with E-state index in [2.05, 4.69) is 25.3 Å². The Labute approximate surface area is 203 Å². The molecule has 2 aromatic heterocycles. The second-order valence-electron chi connectivity index (χ2n) is 8.67. The normalized spacial score (nSPS) is 16.2. The highest BCUT2D eigenvalue weighted by molar-refractivity contribution is 5.79. The first kappa shape index (κ1) is 22.8. The molecule has 3 heterocycles. The molecule has 1 fully saturated rings. The third kappa shape index (κ3) is 5.58. The standard InChI is InChI=1S/C26H28N6O3/c1-34-23-10-6-20(7-11-23)25-29-24(35-30-25)17-31-13-2-3-21(16-31)26(33)28-15-19-4-8-22(9-5-19)32-14-12-27-18-32/h4-12,14,18,21H,2-3,13,15-17H2,1H3,(H,28,33). The van der Waals surface area contributed by atoms with E-state index < -0.39 is 0 Å². The molecule has 1 atom stereocenters. The van der Waals surface area contributed by atoms with Gasteiger partial charge in [0.15, 0.2) is 0 Å². The maximum absolute atomic E-state index is 12.9. The van der Waals surface area contributed by atoms with E-state index in [1.165, 1.54) is 0 Å². The van der Waals surface area contributed by atoms with Gasteiger partial charge in [0.2, 0.25) is 17.6 Å². The van der Waals surface area contributed by atoms with E-state index in [0.717, 1.165) is 42.0 Å². The Morgan fingerprint density at radius 2 is 2.00 bits per heavy atom. The molecule has 9 nitrogen and oxygen atoms in total. The highest BCUT2D eigenvalue weighted by atomic mass is 16.5. The van der Waals surface area contributed by atoms with Gasteiger partial charge in [-0.1, -0.05) is 17.3 Å². The summed E-state index contributed by atoms with van der Waals surface area (Å²) >= 11 is 0. The van der Waals surface area contributed by atoms with E-state index in [-0.39, 0.29) is 11.8 Å². The fraction of sp³-hybridized carbons (Fsp3) is 0.308. The minimum Gasteiger partial charge on any atom is -0.497 e. The van der Waals surface area contributed by atoms with E-state index >= 15 is 0 Å². The van der Waals surface area contributed by atoms with Gasteiger partial charge >= 0.3 is 0 Å². The van der Waals surface area contributed by atoms with Gasteiger partial charge in [0, 0.05) is 36.7 Å². The van der Waals surface area contributed by atoms with Crippen molar-refractivity contribution in [2.24, 2.45) is 5.92 Å². The lowest BCUT2D eigenvalue weighted by Crippen LogP contribution is -2.42. The maximum Gasteiger partial charge on any atom is 0.241 e. The number of amides is 1. The summed E-state index contributed by atoms with van der Waals surface area (Å²) in [4.78, 5) is 23.7. The lowest BCUT2D eigenvalue weighted by Gasteiger charge is -2.30. The van der Waals surface area contributed by atoms with Crippen LogP contribution in [0, 0.1) is 5.92 Å². The van der Waals surface area contributed by atoms with Crippen LogP contribution in [0.2, 0.25) is 0 Å². The second kappa shape index (κ2) is 10.5. The fourth-order valence-electron chi connectivity index (χ4n) is 4.31. The molecule has 5 rings (SSSR count). The number of carbonyl (C=O) groups excluding carboxylic acids is 1. The number of ether oxygens (including phenoxy) is 1. The predicted molar refractivity (Wildman–Crippen MR) is 130 cm³/mol. The van der Waals surface area contributed by atoms with Crippen LogP contribution in [0.4, 0.5) is 0 Å². The Morgan fingerprint density at radius 1 is 1.17 bits per heavy atom. The molecule has 1 unspecified atom stereocenters. The van der Waals surface area contributed by atoms with Crippen molar-refractivity contribution >= 4 is 5.91 Å². The zero-order valence-corrected chi connectivity index (χ0v) is 19.6. The molecule has 0 aliphatic carbocycles. The number of nitrogens with zero attached hydrogens (tertiary/aromatic N) is 5. The number of benzene rings is 2. The van der Waals surface area contributed by atoms with Crippen molar-refractivity contribution in [3.8, 4) is 22.8 Å². The first-order valence-corrected chi connectivity index (χ1v) is 11.7. The van der Waals surface area contributed by atoms with Crippen LogP contribution in [0.1, 0.15) is 24.3 Å². The second-order valence-corrected chi connectivity index (χ2v) is 8.67. The number of hydrogen-bond acceptors (Lipinski definition) is 7. The van der Waals surface area contributed by atoms with Gasteiger partial charge in [0.1, 0.15) is 5.75 Å². The summed E-state index contributed by atoms with van der Waals surface area (Å²) in [7, 11) is 1.63. The Bertz CT molecular complexity index is 1240. The van der Waals surface area contributed by atoms with Crippen molar-refractivity contribution in [1.82, 2.24) is 29.9 Å². The van der Waals surface area contributed by atoms with Crippen LogP contribution in [0.25, 0.3) is 17.1 Å². The van der Waals surface area contributed by atoms with Crippen LogP contribution in [0.5, 0.6) is 5.75 Å². The van der Waals surface area contributed by atoms with Crippen LogP contribution < -0.4 is 10.1 Å². The van der Waals surface area contributed by atoms with Gasteiger partial charge in [-0.3, -0.25) is 9.69 Å². The minimum absolute atomic E-state index is 0.0575. The van der Waals surface area contributed by atoms with E-state index in [1.807, 2.05) is 59.3 Å². The summed E-state index contributed by atoms with van der Waals surface area (Å²) in [5.41, 5.74) is 2.97. The van der Waals surface area contributed by atoms with Crippen LogP contribution in [0.15, 0.2) is 71.8 Å². The van der Waals surface area contributed by atoms with E-state index in [1.54, 1.807) is 19.6 Å². The minimum atomic E-state index is -0.0575. The predicted octanol–water partition coefficient (Wildman–Crippen LogP) is 3.46. The molecule has 1 aliphatic rings. The first-order chi connectivity index (χ1) is 17.2. The molecule has 0 saturated carbocycles. The highest BCUT2D eigenvalue weighted by Crippen LogP contribution is 2.22.